The number of nitrogens with zero attached hydrogens (tertiary/aromatic N) is 1. The van der Waals surface area contributed by atoms with E-state index in [1.165, 1.54) is 77.2 Å². The molecule has 8 aromatic rings. The van der Waals surface area contributed by atoms with Gasteiger partial charge in [-0.2, -0.15) is 0 Å². The van der Waals surface area contributed by atoms with Gasteiger partial charge in [0.2, 0.25) is 0 Å². The van der Waals surface area contributed by atoms with Crippen LogP contribution in [0.25, 0.3) is 54.9 Å². The van der Waals surface area contributed by atoms with Crippen molar-refractivity contribution in [2.75, 3.05) is 10.6 Å². The highest BCUT2D eigenvalue weighted by Gasteiger charge is 2.36. The number of fused-ring (bicyclic) bond motifs is 5. The lowest BCUT2D eigenvalue weighted by Crippen LogP contribution is -2.17. The van der Waals surface area contributed by atoms with Crippen LogP contribution in [0.15, 0.2) is 164 Å². The molecule has 246 valence electrons. The second-order valence-corrected chi connectivity index (χ2v) is 14.5. The zero-order chi connectivity index (χ0) is 34.7. The van der Waals surface area contributed by atoms with Crippen LogP contribution in [0.3, 0.4) is 0 Å². The van der Waals surface area contributed by atoms with Gasteiger partial charge in [0.1, 0.15) is 0 Å². The fourth-order valence-electron chi connectivity index (χ4n) is 8.38. The van der Waals surface area contributed by atoms with Crippen molar-refractivity contribution in [1.29, 1.82) is 0 Å². The van der Waals surface area contributed by atoms with Crippen LogP contribution in [0.2, 0.25) is 0 Å². The maximum absolute atomic E-state index is 6.58. The Labute approximate surface area is 300 Å². The second-order valence-electron chi connectivity index (χ2n) is 14.5. The van der Waals surface area contributed by atoms with Crippen molar-refractivity contribution < 1.29 is 0 Å². The lowest BCUT2D eigenvalue weighted by atomic mass is 9.79. The first-order chi connectivity index (χ1) is 24.9. The fraction of sp³-hybridized carbons (Fsp3) is 0.102. The van der Waals surface area contributed by atoms with Gasteiger partial charge >= 0.3 is 0 Å². The molecule has 8 aromatic carbocycles. The van der Waals surface area contributed by atoms with Crippen LogP contribution < -0.4 is 10.6 Å². The third-order valence-corrected chi connectivity index (χ3v) is 10.9. The van der Waals surface area contributed by atoms with E-state index in [1.807, 2.05) is 12.1 Å². The van der Waals surface area contributed by atoms with Crippen LogP contribution in [-0.4, -0.2) is 0 Å². The second kappa shape index (κ2) is 12.0. The van der Waals surface area contributed by atoms with Crippen molar-refractivity contribution in [2.45, 2.75) is 32.7 Å². The summed E-state index contributed by atoms with van der Waals surface area (Å²) in [5.74, 6) is 0. The number of aryl methyl sites for hydroxylation is 1. The minimum atomic E-state index is -0.101. The molecule has 0 fully saturated rings. The SMILES string of the molecule is Cc1ccc(-c2c3ccccc3c(-c3cccc(CN(c4ccccc4)c4ccccc4N)c3)c3cc4c(cc23)C(C)(C)c2ccccc2-4)cc1. The molecule has 0 saturated carbocycles. The van der Waals surface area contributed by atoms with Gasteiger partial charge in [-0.1, -0.05) is 141 Å². The Hall–Kier alpha value is -6.12. The first-order valence-corrected chi connectivity index (χ1v) is 17.8. The lowest BCUT2D eigenvalue weighted by Gasteiger charge is -2.27. The van der Waals surface area contributed by atoms with Crippen molar-refractivity contribution in [2.24, 2.45) is 0 Å². The lowest BCUT2D eigenvalue weighted by molar-refractivity contribution is 0.661. The normalized spacial score (nSPS) is 12.9. The minimum absolute atomic E-state index is 0.101. The molecule has 0 amide bonds. The van der Waals surface area contributed by atoms with E-state index in [0.717, 1.165) is 17.1 Å². The molecule has 0 radical (unpaired) electrons. The molecule has 0 aromatic heterocycles. The first kappa shape index (κ1) is 30.9. The quantitative estimate of drug-likeness (QED) is 0.143. The molecule has 2 nitrogen and oxygen atoms in total. The fourth-order valence-corrected chi connectivity index (χ4v) is 8.38. The van der Waals surface area contributed by atoms with E-state index in [1.54, 1.807) is 0 Å². The monoisotopic (exact) mass is 656 g/mol. The summed E-state index contributed by atoms with van der Waals surface area (Å²) in [5.41, 5.74) is 22.3. The number of anilines is 3. The number of nitrogens with two attached hydrogens (primary N) is 1. The van der Waals surface area contributed by atoms with E-state index in [9.17, 15) is 0 Å². The molecule has 2 N–H and O–H groups in total. The third-order valence-electron chi connectivity index (χ3n) is 10.9. The molecule has 0 heterocycles. The Balaban J connectivity index is 1.31. The standard InChI is InChI=1S/C49H40N2/c1-32-24-26-34(27-25-32)47-38-19-7-8-20-39(38)48(41-29-40-37-18-9-10-21-43(37)49(2,3)44(40)30-42(41)47)35-15-13-14-33(28-35)31-51(36-16-5-4-6-17-36)46-23-12-11-22-45(46)50/h4-30H,31,50H2,1-3H3. The largest absolute Gasteiger partial charge is 0.397 e. The van der Waals surface area contributed by atoms with Gasteiger partial charge in [0, 0.05) is 17.6 Å². The van der Waals surface area contributed by atoms with Crippen LogP contribution in [0.1, 0.15) is 36.1 Å². The van der Waals surface area contributed by atoms with Crippen LogP contribution >= 0.6 is 0 Å². The minimum Gasteiger partial charge on any atom is -0.397 e. The van der Waals surface area contributed by atoms with Gasteiger partial charge in [0.15, 0.2) is 0 Å². The molecule has 0 atom stereocenters. The molecular weight excluding hydrogens is 617 g/mol. The van der Waals surface area contributed by atoms with Gasteiger partial charge in [0.05, 0.1) is 11.4 Å². The number of hydrogen-bond acceptors (Lipinski definition) is 2. The summed E-state index contributed by atoms with van der Waals surface area (Å²) in [7, 11) is 0. The Morgan fingerprint density at radius 2 is 1.16 bits per heavy atom. The zero-order valence-electron chi connectivity index (χ0n) is 29.3. The van der Waals surface area contributed by atoms with E-state index >= 15 is 0 Å². The Morgan fingerprint density at radius 1 is 0.510 bits per heavy atom. The van der Waals surface area contributed by atoms with Crippen molar-refractivity contribution >= 4 is 38.6 Å². The van der Waals surface area contributed by atoms with E-state index < -0.39 is 0 Å². The maximum Gasteiger partial charge on any atom is 0.0647 e. The van der Waals surface area contributed by atoms with Crippen LogP contribution in [0.5, 0.6) is 0 Å². The summed E-state index contributed by atoms with van der Waals surface area (Å²) in [6.07, 6.45) is 0. The first-order valence-electron chi connectivity index (χ1n) is 17.8. The van der Waals surface area contributed by atoms with Crippen LogP contribution in [0, 0.1) is 6.92 Å². The summed E-state index contributed by atoms with van der Waals surface area (Å²) >= 11 is 0. The summed E-state index contributed by atoms with van der Waals surface area (Å²) in [6.45, 7) is 7.59. The molecule has 1 aliphatic rings. The molecule has 0 bridgehead atoms. The van der Waals surface area contributed by atoms with Crippen LogP contribution in [0.4, 0.5) is 17.1 Å². The van der Waals surface area contributed by atoms with Crippen molar-refractivity contribution in [3.05, 3.63) is 186 Å². The topological polar surface area (TPSA) is 29.3 Å². The number of benzene rings is 8. The molecule has 0 unspecified atom stereocenters. The molecule has 51 heavy (non-hydrogen) atoms. The summed E-state index contributed by atoms with van der Waals surface area (Å²) in [5, 5.41) is 5.10. The molecule has 9 rings (SSSR count). The van der Waals surface area contributed by atoms with Gasteiger partial charge in [-0.25, -0.2) is 0 Å². The summed E-state index contributed by atoms with van der Waals surface area (Å²) < 4.78 is 0. The molecule has 0 saturated heterocycles. The van der Waals surface area contributed by atoms with Gasteiger partial charge in [-0.15, -0.1) is 0 Å². The average molecular weight is 657 g/mol. The van der Waals surface area contributed by atoms with Crippen molar-refractivity contribution in [1.82, 2.24) is 0 Å². The van der Waals surface area contributed by atoms with Crippen molar-refractivity contribution in [3.8, 4) is 33.4 Å². The van der Waals surface area contributed by atoms with Crippen molar-refractivity contribution in [3.63, 3.8) is 0 Å². The smallest absolute Gasteiger partial charge is 0.0647 e. The molecule has 0 aliphatic heterocycles. The maximum atomic E-state index is 6.58. The third kappa shape index (κ3) is 5.10. The number of para-hydroxylation sites is 3. The van der Waals surface area contributed by atoms with Gasteiger partial charge in [-0.05, 0) is 121 Å². The summed E-state index contributed by atoms with van der Waals surface area (Å²) in [6, 6.07) is 59.8. The van der Waals surface area contributed by atoms with Crippen LogP contribution in [-0.2, 0) is 12.0 Å². The predicted octanol–water partition coefficient (Wildman–Crippen LogP) is 12.9. The predicted molar refractivity (Wildman–Crippen MR) is 218 cm³/mol. The van der Waals surface area contributed by atoms with E-state index in [2.05, 4.69) is 177 Å². The van der Waals surface area contributed by atoms with Gasteiger partial charge < -0.3 is 10.6 Å². The Kier molecular flexibility index (Phi) is 7.29. The van der Waals surface area contributed by atoms with Gasteiger partial charge in [0.25, 0.3) is 0 Å². The molecule has 2 heteroatoms. The highest BCUT2D eigenvalue weighted by molar-refractivity contribution is 6.22. The van der Waals surface area contributed by atoms with E-state index in [0.29, 0.717) is 6.54 Å². The van der Waals surface area contributed by atoms with Gasteiger partial charge in [-0.3, -0.25) is 0 Å². The molecule has 0 spiro atoms. The highest BCUT2D eigenvalue weighted by Crippen LogP contribution is 2.53. The molecular formula is C49H40N2. The Bertz CT molecular complexity index is 2600. The Morgan fingerprint density at radius 3 is 1.92 bits per heavy atom. The number of rotatable bonds is 6. The zero-order valence-corrected chi connectivity index (χ0v) is 29.3. The average Bonchev–Trinajstić information content (AvgIpc) is 3.38. The van der Waals surface area contributed by atoms with E-state index in [4.69, 9.17) is 5.73 Å². The molecule has 1 aliphatic carbocycles. The number of hydrogen-bond donors (Lipinski definition) is 1. The van der Waals surface area contributed by atoms with E-state index in [-0.39, 0.29) is 5.41 Å². The highest BCUT2D eigenvalue weighted by atomic mass is 15.1. The number of nitrogen functional groups attached to an aromatic ring is 1. The summed E-state index contributed by atoms with van der Waals surface area (Å²) in [4.78, 5) is 2.32.